The fraction of sp³-hybridized carbons (Fsp3) is 0.280. The second-order valence-corrected chi connectivity index (χ2v) is 8.29. The second kappa shape index (κ2) is 8.42. The average Bonchev–Trinajstić information content (AvgIpc) is 3.35. The monoisotopic (exact) mass is 427 g/mol. The van der Waals surface area contributed by atoms with Crippen LogP contribution >= 0.6 is 0 Å². The van der Waals surface area contributed by atoms with Crippen LogP contribution in [-0.4, -0.2) is 49.5 Å². The molecule has 1 saturated heterocycles. The Morgan fingerprint density at radius 2 is 1.84 bits per heavy atom. The third-order valence-electron chi connectivity index (χ3n) is 6.02. The highest BCUT2D eigenvalue weighted by molar-refractivity contribution is 5.98. The third-order valence-corrected chi connectivity index (χ3v) is 6.02. The highest BCUT2D eigenvalue weighted by Crippen LogP contribution is 2.29. The van der Waals surface area contributed by atoms with E-state index in [-0.39, 0.29) is 18.1 Å². The highest BCUT2D eigenvalue weighted by atomic mass is 16.5. The smallest absolute Gasteiger partial charge is 0.256 e. The zero-order chi connectivity index (χ0) is 22.1. The number of pyridine rings is 1. The van der Waals surface area contributed by atoms with Gasteiger partial charge in [-0.25, -0.2) is 0 Å². The predicted molar refractivity (Wildman–Crippen MR) is 122 cm³/mol. The number of carbonyl (C=O) groups is 1. The summed E-state index contributed by atoms with van der Waals surface area (Å²) in [6, 6.07) is 15.6. The molecule has 1 aliphatic heterocycles. The molecule has 0 bridgehead atoms. The van der Waals surface area contributed by atoms with Crippen LogP contribution in [0.25, 0.3) is 16.6 Å². The van der Waals surface area contributed by atoms with Crippen molar-refractivity contribution in [2.45, 2.75) is 38.8 Å². The molecule has 32 heavy (non-hydrogen) atoms. The second-order valence-electron chi connectivity index (χ2n) is 8.29. The van der Waals surface area contributed by atoms with E-state index in [0.717, 1.165) is 35.1 Å². The summed E-state index contributed by atoms with van der Waals surface area (Å²) < 4.78 is 6.43. The number of ether oxygens (including phenoxy) is 1. The van der Waals surface area contributed by atoms with Crippen molar-refractivity contribution in [1.82, 2.24) is 24.9 Å². The fourth-order valence-electron chi connectivity index (χ4n) is 4.29. The van der Waals surface area contributed by atoms with Crippen LogP contribution in [0.3, 0.4) is 0 Å². The first-order chi connectivity index (χ1) is 15.6. The minimum Gasteiger partial charge on any atom is -0.488 e. The molecule has 3 heterocycles. The van der Waals surface area contributed by atoms with E-state index in [0.29, 0.717) is 17.8 Å². The lowest BCUT2D eigenvalue weighted by atomic mass is 9.99. The van der Waals surface area contributed by atoms with Gasteiger partial charge in [0.25, 0.3) is 5.91 Å². The lowest BCUT2D eigenvalue weighted by Gasteiger charge is -2.38. The van der Waals surface area contributed by atoms with E-state index in [2.05, 4.69) is 35.1 Å². The van der Waals surface area contributed by atoms with Crippen LogP contribution in [0.1, 0.15) is 35.7 Å². The zero-order valence-electron chi connectivity index (χ0n) is 18.2. The molecule has 1 amide bonds. The van der Waals surface area contributed by atoms with Crippen LogP contribution in [0.5, 0.6) is 5.75 Å². The summed E-state index contributed by atoms with van der Waals surface area (Å²) in [5.41, 5.74) is 3.33. The Labute approximate surface area is 186 Å². The van der Waals surface area contributed by atoms with Crippen LogP contribution in [0.2, 0.25) is 0 Å². The van der Waals surface area contributed by atoms with E-state index >= 15 is 0 Å². The van der Waals surface area contributed by atoms with Gasteiger partial charge < -0.3 is 9.64 Å². The molecule has 4 aromatic rings. The lowest BCUT2D eigenvalue weighted by molar-refractivity contribution is 0.0388. The number of fused-ring (bicyclic) bond motifs is 1. The maximum Gasteiger partial charge on any atom is 0.256 e. The number of hydrogen-bond acceptors (Lipinski definition) is 5. The van der Waals surface area contributed by atoms with Gasteiger partial charge in [-0.3, -0.25) is 9.78 Å². The van der Waals surface area contributed by atoms with Crippen molar-refractivity contribution in [3.05, 3.63) is 78.2 Å². The van der Waals surface area contributed by atoms with Gasteiger partial charge in [0.2, 0.25) is 0 Å². The summed E-state index contributed by atoms with van der Waals surface area (Å²) in [4.78, 5) is 21.4. The van der Waals surface area contributed by atoms with Gasteiger partial charge in [0.1, 0.15) is 11.9 Å². The summed E-state index contributed by atoms with van der Waals surface area (Å²) >= 11 is 0. The normalized spacial score (nSPS) is 18.6. The molecule has 5 rings (SSSR count). The summed E-state index contributed by atoms with van der Waals surface area (Å²) in [5.74, 6) is 0.779. The Morgan fingerprint density at radius 1 is 1.03 bits per heavy atom. The Hall–Kier alpha value is -3.74. The lowest BCUT2D eigenvalue weighted by Crippen LogP contribution is -2.49. The Kier molecular flexibility index (Phi) is 5.31. The predicted octanol–water partition coefficient (Wildman–Crippen LogP) is 4.20. The molecular formula is C25H25N5O2. The molecule has 2 aromatic heterocycles. The molecule has 2 atom stereocenters. The van der Waals surface area contributed by atoms with Crippen molar-refractivity contribution in [1.29, 1.82) is 0 Å². The molecule has 7 nitrogen and oxygen atoms in total. The van der Waals surface area contributed by atoms with E-state index in [4.69, 9.17) is 4.74 Å². The van der Waals surface area contributed by atoms with E-state index in [9.17, 15) is 4.79 Å². The first-order valence-electron chi connectivity index (χ1n) is 10.9. The fourth-order valence-corrected chi connectivity index (χ4v) is 4.29. The molecule has 2 aromatic carbocycles. The van der Waals surface area contributed by atoms with Gasteiger partial charge in [-0.2, -0.15) is 15.0 Å². The Bertz CT molecular complexity index is 1250. The number of piperidine rings is 1. The van der Waals surface area contributed by atoms with Gasteiger partial charge in [0, 0.05) is 17.6 Å². The number of nitrogens with zero attached hydrogens (tertiary/aromatic N) is 5. The molecule has 162 valence electrons. The van der Waals surface area contributed by atoms with Crippen LogP contribution in [0.4, 0.5) is 0 Å². The number of carbonyl (C=O) groups excluding carboxylic acids is 1. The molecule has 0 radical (unpaired) electrons. The number of aromatic nitrogens is 4. The van der Waals surface area contributed by atoms with Crippen molar-refractivity contribution in [3.63, 3.8) is 0 Å². The summed E-state index contributed by atoms with van der Waals surface area (Å²) in [5, 5.41) is 9.41. The van der Waals surface area contributed by atoms with Gasteiger partial charge >= 0.3 is 0 Å². The summed E-state index contributed by atoms with van der Waals surface area (Å²) in [7, 11) is 0. The minimum absolute atomic E-state index is 0.0332. The molecule has 1 fully saturated rings. The Balaban J connectivity index is 1.40. The van der Waals surface area contributed by atoms with E-state index in [1.54, 1.807) is 18.6 Å². The molecule has 7 heteroatoms. The number of amides is 1. The number of hydrogen-bond donors (Lipinski definition) is 0. The topological polar surface area (TPSA) is 73.1 Å². The van der Waals surface area contributed by atoms with Gasteiger partial charge in [-0.1, -0.05) is 23.8 Å². The van der Waals surface area contributed by atoms with Gasteiger partial charge in [0.15, 0.2) is 0 Å². The minimum atomic E-state index is -0.0868. The van der Waals surface area contributed by atoms with Crippen LogP contribution in [-0.2, 0) is 0 Å². The zero-order valence-corrected chi connectivity index (χ0v) is 18.2. The van der Waals surface area contributed by atoms with E-state index in [1.807, 2.05) is 47.4 Å². The molecular weight excluding hydrogens is 402 g/mol. The van der Waals surface area contributed by atoms with Crippen molar-refractivity contribution in [2.24, 2.45) is 0 Å². The average molecular weight is 428 g/mol. The van der Waals surface area contributed by atoms with Gasteiger partial charge in [-0.05, 0) is 57.0 Å². The number of benzene rings is 2. The Morgan fingerprint density at radius 3 is 2.69 bits per heavy atom. The SMILES string of the molecule is Cc1ccc2nccc(O[C@@H]3CC[C@H](C)N(C(=O)c4ccccc4-n4nccn4)C3)c2c1. The summed E-state index contributed by atoms with van der Waals surface area (Å²) in [6.07, 6.45) is 6.67. The van der Waals surface area contributed by atoms with Crippen LogP contribution in [0, 0.1) is 6.92 Å². The first-order valence-corrected chi connectivity index (χ1v) is 10.9. The van der Waals surface area contributed by atoms with Crippen molar-refractivity contribution in [2.75, 3.05) is 6.54 Å². The molecule has 1 aliphatic rings. The molecule has 0 saturated carbocycles. The van der Waals surface area contributed by atoms with Crippen LogP contribution < -0.4 is 4.74 Å². The molecule has 0 unspecified atom stereocenters. The van der Waals surface area contributed by atoms with Crippen LogP contribution in [0.15, 0.2) is 67.1 Å². The largest absolute Gasteiger partial charge is 0.488 e. The number of para-hydroxylation sites is 1. The number of rotatable bonds is 4. The maximum atomic E-state index is 13.6. The third kappa shape index (κ3) is 3.82. The van der Waals surface area contributed by atoms with Crippen molar-refractivity contribution in [3.8, 4) is 11.4 Å². The van der Waals surface area contributed by atoms with Gasteiger partial charge in [0.05, 0.1) is 35.7 Å². The molecule has 0 spiro atoms. The summed E-state index contributed by atoms with van der Waals surface area (Å²) in [6.45, 7) is 4.68. The van der Waals surface area contributed by atoms with E-state index in [1.165, 1.54) is 4.80 Å². The number of aryl methyl sites for hydroxylation is 1. The quantitative estimate of drug-likeness (QED) is 0.488. The first kappa shape index (κ1) is 20.2. The van der Waals surface area contributed by atoms with Crippen molar-refractivity contribution >= 4 is 16.8 Å². The number of likely N-dealkylation sites (tertiary alicyclic amines) is 1. The van der Waals surface area contributed by atoms with E-state index < -0.39 is 0 Å². The highest BCUT2D eigenvalue weighted by Gasteiger charge is 2.32. The van der Waals surface area contributed by atoms with Gasteiger partial charge in [-0.15, -0.1) is 0 Å². The molecule has 0 N–H and O–H groups in total. The standard InChI is InChI=1S/C25H25N5O2/c1-17-7-10-22-21(15-17)24(11-12-26-22)32-19-9-8-18(2)29(16-19)25(31)20-5-3-4-6-23(20)30-27-13-14-28-30/h3-7,10-15,18-19H,8-9,16H2,1-2H3/t18-,19+/m0/s1. The van der Waals surface area contributed by atoms with Crippen molar-refractivity contribution < 1.29 is 9.53 Å². The maximum absolute atomic E-state index is 13.6. The molecule has 0 aliphatic carbocycles.